The van der Waals surface area contributed by atoms with E-state index >= 15 is 0 Å². The SMILES string of the molecule is CCOc1ccccc1OCCCC(=O)OCC(=O)N(C)CC(=O)Nc1ccccc1Cl. The van der Waals surface area contributed by atoms with Gasteiger partial charge in [0, 0.05) is 13.5 Å². The number of nitrogens with one attached hydrogen (secondary N) is 1. The molecule has 2 amide bonds. The summed E-state index contributed by atoms with van der Waals surface area (Å²) >= 11 is 5.99. The summed E-state index contributed by atoms with van der Waals surface area (Å²) in [7, 11) is 1.45. The van der Waals surface area contributed by atoms with Gasteiger partial charge in [0.25, 0.3) is 5.91 Å². The maximum atomic E-state index is 12.1. The van der Waals surface area contributed by atoms with Crippen molar-refractivity contribution in [2.75, 3.05) is 38.7 Å². The van der Waals surface area contributed by atoms with Crippen molar-refractivity contribution < 1.29 is 28.6 Å². The average Bonchev–Trinajstić information content (AvgIpc) is 2.77. The van der Waals surface area contributed by atoms with Gasteiger partial charge in [-0.2, -0.15) is 0 Å². The van der Waals surface area contributed by atoms with Crippen LogP contribution in [0.5, 0.6) is 11.5 Å². The Hall–Kier alpha value is -3.26. The first-order valence-corrected chi connectivity index (χ1v) is 10.6. The Balaban J connectivity index is 1.65. The molecule has 0 spiro atoms. The van der Waals surface area contributed by atoms with Crippen molar-refractivity contribution in [3.05, 3.63) is 53.6 Å². The summed E-state index contributed by atoms with van der Waals surface area (Å²) < 4.78 is 16.1. The number of esters is 1. The van der Waals surface area contributed by atoms with E-state index in [-0.39, 0.29) is 13.0 Å². The zero-order chi connectivity index (χ0) is 23.3. The molecule has 9 heteroatoms. The van der Waals surface area contributed by atoms with Gasteiger partial charge in [-0.05, 0) is 37.6 Å². The smallest absolute Gasteiger partial charge is 0.306 e. The summed E-state index contributed by atoms with van der Waals surface area (Å²) in [6.45, 7) is 2.07. The summed E-state index contributed by atoms with van der Waals surface area (Å²) in [6.07, 6.45) is 0.518. The third-order valence-electron chi connectivity index (χ3n) is 4.24. The summed E-state index contributed by atoms with van der Waals surface area (Å²) in [5.41, 5.74) is 0.456. The molecule has 0 saturated heterocycles. The van der Waals surface area contributed by atoms with Gasteiger partial charge in [0.2, 0.25) is 5.91 Å². The number of carbonyl (C=O) groups excluding carboxylic acids is 3. The number of rotatable bonds is 12. The predicted molar refractivity (Wildman–Crippen MR) is 121 cm³/mol. The van der Waals surface area contributed by atoms with E-state index in [0.717, 1.165) is 0 Å². The highest BCUT2D eigenvalue weighted by molar-refractivity contribution is 6.33. The van der Waals surface area contributed by atoms with Gasteiger partial charge in [-0.1, -0.05) is 35.9 Å². The number of likely N-dealkylation sites (N-methyl/N-ethyl adjacent to an activating group) is 1. The van der Waals surface area contributed by atoms with Crippen LogP contribution in [0.4, 0.5) is 5.69 Å². The van der Waals surface area contributed by atoms with Crippen LogP contribution in [0.15, 0.2) is 48.5 Å². The molecule has 2 aromatic carbocycles. The maximum absolute atomic E-state index is 12.1. The van der Waals surface area contributed by atoms with Crippen LogP contribution in [0.3, 0.4) is 0 Å². The van der Waals surface area contributed by atoms with Crippen molar-refractivity contribution in [1.82, 2.24) is 4.90 Å². The summed E-state index contributed by atoms with van der Waals surface area (Å²) in [6, 6.07) is 14.1. The molecule has 0 aromatic heterocycles. The molecular weight excluding hydrogens is 436 g/mol. The van der Waals surface area contributed by atoms with Crippen LogP contribution in [0.25, 0.3) is 0 Å². The molecule has 0 bridgehead atoms. The monoisotopic (exact) mass is 462 g/mol. The highest BCUT2D eigenvalue weighted by Gasteiger charge is 2.16. The van der Waals surface area contributed by atoms with Crippen LogP contribution in [0.1, 0.15) is 19.8 Å². The zero-order valence-electron chi connectivity index (χ0n) is 18.1. The van der Waals surface area contributed by atoms with Crippen molar-refractivity contribution in [3.8, 4) is 11.5 Å². The summed E-state index contributed by atoms with van der Waals surface area (Å²) in [5, 5.41) is 3.02. The van der Waals surface area contributed by atoms with Gasteiger partial charge >= 0.3 is 5.97 Å². The highest BCUT2D eigenvalue weighted by Crippen LogP contribution is 2.26. The Morgan fingerprint density at radius 1 is 1.00 bits per heavy atom. The molecule has 0 saturated carbocycles. The first kappa shape index (κ1) is 25.0. The Bertz CT molecular complexity index is 921. The van der Waals surface area contributed by atoms with E-state index in [1.165, 1.54) is 11.9 Å². The fourth-order valence-electron chi connectivity index (χ4n) is 2.62. The Kier molecular flexibility index (Phi) is 10.3. The van der Waals surface area contributed by atoms with Crippen molar-refractivity contribution in [2.24, 2.45) is 0 Å². The molecule has 2 aromatic rings. The second-order valence-electron chi connectivity index (χ2n) is 6.77. The minimum Gasteiger partial charge on any atom is -0.490 e. The van der Waals surface area contributed by atoms with Crippen LogP contribution < -0.4 is 14.8 Å². The topological polar surface area (TPSA) is 94.2 Å². The molecule has 0 heterocycles. The van der Waals surface area contributed by atoms with Crippen molar-refractivity contribution in [3.63, 3.8) is 0 Å². The average molecular weight is 463 g/mol. The number of halogens is 1. The number of benzene rings is 2. The molecule has 1 N–H and O–H groups in total. The molecule has 0 aliphatic heterocycles. The molecule has 2 rings (SSSR count). The molecular formula is C23H27ClN2O6. The number of hydrogen-bond donors (Lipinski definition) is 1. The molecule has 8 nitrogen and oxygen atoms in total. The molecule has 32 heavy (non-hydrogen) atoms. The van der Waals surface area contributed by atoms with Crippen molar-refractivity contribution in [2.45, 2.75) is 19.8 Å². The fourth-order valence-corrected chi connectivity index (χ4v) is 2.81. The van der Waals surface area contributed by atoms with Gasteiger partial charge in [-0.25, -0.2) is 0 Å². The number of para-hydroxylation sites is 3. The van der Waals surface area contributed by atoms with E-state index in [9.17, 15) is 14.4 Å². The molecule has 0 atom stereocenters. The molecule has 0 fully saturated rings. The minimum absolute atomic E-state index is 0.0980. The standard InChI is InChI=1S/C23H27ClN2O6/c1-3-30-19-11-6-7-12-20(19)31-14-8-13-23(29)32-16-22(28)26(2)15-21(27)25-18-10-5-4-9-17(18)24/h4-7,9-12H,3,8,13-16H2,1-2H3,(H,25,27). The normalized spacial score (nSPS) is 10.2. The molecule has 172 valence electrons. The van der Waals surface area contributed by atoms with E-state index < -0.39 is 24.4 Å². The third-order valence-corrected chi connectivity index (χ3v) is 4.57. The van der Waals surface area contributed by atoms with Gasteiger partial charge in [0.15, 0.2) is 18.1 Å². The number of amides is 2. The lowest BCUT2D eigenvalue weighted by atomic mass is 10.3. The number of ether oxygens (including phenoxy) is 3. The van der Waals surface area contributed by atoms with Crippen LogP contribution in [-0.2, 0) is 19.1 Å². The van der Waals surface area contributed by atoms with Gasteiger partial charge in [0.05, 0.1) is 30.5 Å². The molecule has 0 aliphatic carbocycles. The highest BCUT2D eigenvalue weighted by atomic mass is 35.5. The van der Waals surface area contributed by atoms with E-state index in [1.807, 2.05) is 25.1 Å². The zero-order valence-corrected chi connectivity index (χ0v) is 18.9. The first-order chi connectivity index (χ1) is 15.4. The van der Waals surface area contributed by atoms with Gasteiger partial charge in [-0.15, -0.1) is 0 Å². The van der Waals surface area contributed by atoms with E-state index in [4.69, 9.17) is 25.8 Å². The quantitative estimate of drug-likeness (QED) is 0.383. The van der Waals surface area contributed by atoms with Crippen molar-refractivity contribution >= 4 is 35.1 Å². The largest absolute Gasteiger partial charge is 0.490 e. The lowest BCUT2D eigenvalue weighted by Crippen LogP contribution is -2.37. The predicted octanol–water partition coefficient (Wildman–Crippen LogP) is 3.54. The first-order valence-electron chi connectivity index (χ1n) is 10.2. The molecule has 0 aliphatic rings. The fraction of sp³-hybridized carbons (Fsp3) is 0.348. The molecule has 0 radical (unpaired) electrons. The van der Waals surface area contributed by atoms with Gasteiger partial charge < -0.3 is 24.4 Å². The van der Waals surface area contributed by atoms with Crippen LogP contribution in [0, 0.1) is 0 Å². The lowest BCUT2D eigenvalue weighted by Gasteiger charge is -2.17. The number of nitrogens with zero attached hydrogens (tertiary/aromatic N) is 1. The second-order valence-corrected chi connectivity index (χ2v) is 7.18. The number of anilines is 1. The third kappa shape index (κ3) is 8.47. The van der Waals surface area contributed by atoms with Crippen LogP contribution >= 0.6 is 11.6 Å². The van der Waals surface area contributed by atoms with Gasteiger partial charge in [0.1, 0.15) is 0 Å². The van der Waals surface area contributed by atoms with E-state index in [0.29, 0.717) is 41.8 Å². The second kappa shape index (κ2) is 13.2. The summed E-state index contributed by atoms with van der Waals surface area (Å²) in [5.74, 6) is -0.173. The Labute approximate surface area is 192 Å². The minimum atomic E-state index is -0.519. The lowest BCUT2D eigenvalue weighted by molar-refractivity contribution is -0.152. The Morgan fingerprint density at radius 2 is 1.66 bits per heavy atom. The van der Waals surface area contributed by atoms with Crippen LogP contribution in [-0.4, -0.2) is 56.1 Å². The van der Waals surface area contributed by atoms with Crippen LogP contribution in [0.2, 0.25) is 5.02 Å². The van der Waals surface area contributed by atoms with Gasteiger partial charge in [-0.3, -0.25) is 14.4 Å². The van der Waals surface area contributed by atoms with E-state index in [2.05, 4.69) is 5.32 Å². The van der Waals surface area contributed by atoms with Crippen molar-refractivity contribution in [1.29, 1.82) is 0 Å². The van der Waals surface area contributed by atoms with E-state index in [1.54, 1.807) is 30.3 Å². The summed E-state index contributed by atoms with van der Waals surface area (Å²) in [4.78, 5) is 37.3. The number of hydrogen-bond acceptors (Lipinski definition) is 6. The maximum Gasteiger partial charge on any atom is 0.306 e. The Morgan fingerprint density at radius 3 is 2.34 bits per heavy atom. The number of carbonyl (C=O) groups is 3. The molecule has 0 unspecified atom stereocenters.